The van der Waals surface area contributed by atoms with Crippen LogP contribution < -0.4 is 5.56 Å². The molecule has 2 aromatic carbocycles. The summed E-state index contributed by atoms with van der Waals surface area (Å²) >= 11 is 1.48. The molecule has 0 saturated carbocycles. The van der Waals surface area contributed by atoms with Gasteiger partial charge in [-0.05, 0) is 29.5 Å². The molecule has 0 atom stereocenters. The number of pyridine rings is 1. The fourth-order valence-electron chi connectivity index (χ4n) is 3.24. The Morgan fingerprint density at radius 3 is 2.52 bits per heavy atom. The normalized spacial score (nSPS) is 11.7. The first-order valence-electron chi connectivity index (χ1n) is 9.27. The topological polar surface area (TPSA) is 79.9 Å². The van der Waals surface area contributed by atoms with Crippen LogP contribution >= 0.6 is 11.3 Å². The molecule has 0 radical (unpaired) electrons. The highest BCUT2D eigenvalue weighted by Gasteiger charge is 2.18. The van der Waals surface area contributed by atoms with Crippen molar-refractivity contribution in [3.05, 3.63) is 98.2 Å². The van der Waals surface area contributed by atoms with E-state index < -0.39 is 9.84 Å². The second-order valence-corrected chi connectivity index (χ2v) is 9.97. The van der Waals surface area contributed by atoms with E-state index in [1.807, 2.05) is 36.4 Å². The molecule has 2 heterocycles. The molecule has 29 heavy (non-hydrogen) atoms. The molecule has 0 aliphatic heterocycles. The van der Waals surface area contributed by atoms with Crippen molar-refractivity contribution >= 4 is 32.1 Å². The van der Waals surface area contributed by atoms with Crippen LogP contribution in [0.1, 0.15) is 21.8 Å². The number of aromatic amines is 1. The van der Waals surface area contributed by atoms with E-state index in [0.717, 1.165) is 23.2 Å². The Balaban J connectivity index is 1.44. The smallest absolute Gasteiger partial charge is 0.252 e. The number of hydrogen-bond donors (Lipinski definition) is 1. The van der Waals surface area contributed by atoms with Crippen molar-refractivity contribution in [3.8, 4) is 0 Å². The highest BCUT2D eigenvalue weighted by Crippen LogP contribution is 2.18. The van der Waals surface area contributed by atoms with Gasteiger partial charge in [-0.2, -0.15) is 0 Å². The number of fused-ring (bicyclic) bond motifs is 1. The largest absolute Gasteiger partial charge is 0.322 e. The summed E-state index contributed by atoms with van der Waals surface area (Å²) in [6.07, 6.45) is 1.64. The zero-order chi connectivity index (χ0) is 20.3. The van der Waals surface area contributed by atoms with Crippen molar-refractivity contribution in [1.29, 1.82) is 0 Å². The maximum absolute atomic E-state index is 12.7. The molecule has 1 N–H and O–H groups in total. The molecule has 0 spiro atoms. The second-order valence-electron chi connectivity index (χ2n) is 6.96. The average molecular weight is 425 g/mol. The zero-order valence-electron chi connectivity index (χ0n) is 15.7. The third kappa shape index (κ3) is 4.99. The van der Waals surface area contributed by atoms with Gasteiger partial charge in [-0.15, -0.1) is 11.3 Å². The van der Waals surface area contributed by atoms with E-state index in [4.69, 9.17) is 0 Å². The molecule has 0 bridgehead atoms. The molecule has 0 unspecified atom stereocenters. The summed E-state index contributed by atoms with van der Waals surface area (Å²) in [5, 5.41) is 3.53. The molecule has 148 valence electrons. The van der Waals surface area contributed by atoms with E-state index in [2.05, 4.69) is 22.1 Å². The Morgan fingerprint density at radius 1 is 0.931 bits per heavy atom. The van der Waals surface area contributed by atoms with Gasteiger partial charge in [0.25, 0.3) is 5.56 Å². The summed E-state index contributed by atoms with van der Waals surface area (Å²) in [7, 11) is -3.51. The maximum atomic E-state index is 12.7. The molecule has 4 rings (SSSR count). The molecule has 4 aromatic rings. The number of rotatable bonds is 7. The average Bonchev–Trinajstić information content (AvgIpc) is 3.14. The Labute approximate surface area is 173 Å². The van der Waals surface area contributed by atoms with Gasteiger partial charge < -0.3 is 4.98 Å². The van der Waals surface area contributed by atoms with Gasteiger partial charge in [-0.3, -0.25) is 4.79 Å². The van der Waals surface area contributed by atoms with Crippen molar-refractivity contribution in [2.24, 2.45) is 0 Å². The van der Waals surface area contributed by atoms with Crippen molar-refractivity contribution in [3.63, 3.8) is 0 Å². The number of benzene rings is 2. The van der Waals surface area contributed by atoms with E-state index in [1.165, 1.54) is 16.9 Å². The van der Waals surface area contributed by atoms with Crippen LogP contribution in [0.5, 0.6) is 0 Å². The first kappa shape index (κ1) is 19.5. The maximum Gasteiger partial charge on any atom is 0.252 e. The molecular weight excluding hydrogens is 404 g/mol. The van der Waals surface area contributed by atoms with Gasteiger partial charge in [0.1, 0.15) is 0 Å². The number of hydrogen-bond acceptors (Lipinski definition) is 5. The molecule has 5 nitrogen and oxygen atoms in total. The number of nitrogens with one attached hydrogen (secondary N) is 1. The SMILES string of the molecule is O=c1[nH]c2ccccc2cc1CS(=O)(=O)Cc1csc(CCc2ccccc2)n1. The lowest BCUT2D eigenvalue weighted by Gasteiger charge is -2.04. The highest BCUT2D eigenvalue weighted by atomic mass is 32.2. The first-order chi connectivity index (χ1) is 14.0. The molecule has 0 aliphatic rings. The number of para-hydroxylation sites is 1. The first-order valence-corrected chi connectivity index (χ1v) is 12.0. The number of thiazole rings is 1. The summed E-state index contributed by atoms with van der Waals surface area (Å²) in [5.74, 6) is -0.467. The molecule has 0 saturated heterocycles. The highest BCUT2D eigenvalue weighted by molar-refractivity contribution is 7.89. The van der Waals surface area contributed by atoms with Gasteiger partial charge in [0, 0.05) is 22.9 Å². The molecule has 0 aliphatic carbocycles. The second kappa shape index (κ2) is 8.31. The predicted molar refractivity (Wildman–Crippen MR) is 117 cm³/mol. The number of aromatic nitrogens is 2. The van der Waals surface area contributed by atoms with Crippen molar-refractivity contribution in [1.82, 2.24) is 9.97 Å². The predicted octanol–water partition coefficient (Wildman–Crippen LogP) is 3.88. The lowest BCUT2D eigenvalue weighted by atomic mass is 10.1. The van der Waals surface area contributed by atoms with Gasteiger partial charge >= 0.3 is 0 Å². The molecule has 0 amide bonds. The quantitative estimate of drug-likeness (QED) is 0.488. The summed E-state index contributed by atoms with van der Waals surface area (Å²) in [6.45, 7) is 0. The minimum Gasteiger partial charge on any atom is -0.322 e. The molecule has 0 fully saturated rings. The number of H-pyrrole nitrogens is 1. The van der Waals surface area contributed by atoms with Crippen LogP contribution in [-0.4, -0.2) is 18.4 Å². The van der Waals surface area contributed by atoms with Crippen LogP contribution in [0, 0.1) is 0 Å². The Bertz CT molecular complexity index is 1290. The number of nitrogens with zero attached hydrogens (tertiary/aromatic N) is 1. The van der Waals surface area contributed by atoms with Crippen molar-refractivity contribution in [2.75, 3.05) is 0 Å². The van der Waals surface area contributed by atoms with Crippen molar-refractivity contribution < 1.29 is 8.42 Å². The van der Waals surface area contributed by atoms with E-state index in [1.54, 1.807) is 17.5 Å². The molecule has 7 heteroatoms. The standard InChI is InChI=1S/C22H20N2O3S2/c25-22-18(12-17-8-4-5-9-20(17)24-22)14-29(26,27)15-19-13-28-21(23-19)11-10-16-6-2-1-3-7-16/h1-9,12-13H,10-11,14-15H2,(H,24,25). The van der Waals surface area contributed by atoms with Gasteiger partial charge in [-0.25, -0.2) is 13.4 Å². The van der Waals surface area contributed by atoms with Crippen LogP contribution in [0.15, 0.2) is 70.8 Å². The number of sulfone groups is 1. The van der Waals surface area contributed by atoms with Crippen LogP contribution in [0.25, 0.3) is 10.9 Å². The lowest BCUT2D eigenvalue weighted by molar-refractivity contribution is 0.593. The fourth-order valence-corrected chi connectivity index (χ4v) is 5.53. The Hall–Kier alpha value is -2.77. The Kier molecular flexibility index (Phi) is 5.60. The van der Waals surface area contributed by atoms with E-state index in [0.29, 0.717) is 11.2 Å². The van der Waals surface area contributed by atoms with Crippen LogP contribution in [0.4, 0.5) is 0 Å². The number of aryl methyl sites for hydroxylation is 2. The fraction of sp³-hybridized carbons (Fsp3) is 0.182. The lowest BCUT2D eigenvalue weighted by Crippen LogP contribution is -2.17. The van der Waals surface area contributed by atoms with E-state index in [-0.39, 0.29) is 22.6 Å². The van der Waals surface area contributed by atoms with Crippen molar-refractivity contribution in [2.45, 2.75) is 24.3 Å². The monoisotopic (exact) mass is 424 g/mol. The van der Waals surface area contributed by atoms with Crippen LogP contribution in [-0.2, 0) is 34.2 Å². The van der Waals surface area contributed by atoms with Gasteiger partial charge in [-0.1, -0.05) is 48.5 Å². The third-order valence-corrected chi connectivity index (χ3v) is 7.09. The van der Waals surface area contributed by atoms with Gasteiger partial charge in [0.15, 0.2) is 9.84 Å². The van der Waals surface area contributed by atoms with Crippen LogP contribution in [0.2, 0.25) is 0 Å². The van der Waals surface area contributed by atoms with Gasteiger partial charge in [0.2, 0.25) is 0 Å². The third-order valence-electron chi connectivity index (χ3n) is 4.64. The van der Waals surface area contributed by atoms with E-state index >= 15 is 0 Å². The summed E-state index contributed by atoms with van der Waals surface area (Å²) in [6, 6.07) is 19.1. The molecular formula is C22H20N2O3S2. The zero-order valence-corrected chi connectivity index (χ0v) is 17.3. The summed E-state index contributed by atoms with van der Waals surface area (Å²) < 4.78 is 25.3. The Morgan fingerprint density at radius 2 is 1.69 bits per heavy atom. The summed E-state index contributed by atoms with van der Waals surface area (Å²) in [5.41, 5.74) is 2.35. The van der Waals surface area contributed by atoms with Crippen LogP contribution in [0.3, 0.4) is 0 Å². The van der Waals surface area contributed by atoms with E-state index in [9.17, 15) is 13.2 Å². The molecule has 2 aromatic heterocycles. The van der Waals surface area contributed by atoms with Gasteiger partial charge in [0.05, 0.1) is 22.2 Å². The summed E-state index contributed by atoms with van der Waals surface area (Å²) in [4.78, 5) is 19.5. The minimum absolute atomic E-state index is 0.166. The minimum atomic E-state index is -3.51.